The predicted molar refractivity (Wildman–Crippen MR) is 629 cm³/mol. The van der Waals surface area contributed by atoms with Gasteiger partial charge < -0.3 is 13.7 Å². The number of anilines is 9. The standard InChI is InChI=1S/2C48H32N2Se.C42H28N2Se/c1-3-13-34(14-4-1)39-17-7-10-20-44(39)49(37-26-23-33(24-27-37)35-25-30-48-43(31-35)41-19-9-12-22-47(41)51-48)38-28-29-46-42(32-38)40-18-8-11-21-45(40)50(46)36-15-5-2-6-16-36;1-3-11-33(12-4-1)34-19-24-38(25-20-34)49(39-26-21-35(22-27-39)36-23-30-48-44(31-36)42-16-8-10-18-47(42)51-48)40-28-29-46-43(32-40)41-15-7-9-17-45(41)50(46)37-13-5-2-6-14-37;1-3-11-31(12-4-1)43(33-22-19-29(20-23-33)30-21-26-42-38(27-30)36-16-8-10-18-41(36)45-42)34-24-25-40-37(28-34)35-15-7-9-17-39(35)44(40)32-13-5-2-6-14-32/h2*1-32H;1-28H. The van der Waals surface area contributed by atoms with Crippen molar-refractivity contribution in [1.82, 2.24) is 13.7 Å². The molecule has 0 saturated heterocycles. The van der Waals surface area contributed by atoms with Crippen LogP contribution in [-0.2, 0) is 0 Å². The second kappa shape index (κ2) is 38.3. The first-order chi connectivity index (χ1) is 72.9. The number of nitrogens with zero attached hydrogens (tertiary/aromatic N) is 6. The zero-order chi connectivity index (χ0) is 97.2. The van der Waals surface area contributed by atoms with Crippen LogP contribution in [0, 0.1) is 0 Å². The molecule has 147 heavy (non-hydrogen) atoms. The summed E-state index contributed by atoms with van der Waals surface area (Å²) in [6.45, 7) is 0. The molecule has 0 unspecified atom stereocenters. The first-order valence-corrected chi connectivity index (χ1v) is 55.1. The van der Waals surface area contributed by atoms with Crippen LogP contribution in [0.1, 0.15) is 0 Å². The fourth-order valence-electron chi connectivity index (χ4n) is 21.9. The van der Waals surface area contributed by atoms with E-state index < -0.39 is 0 Å². The van der Waals surface area contributed by atoms with Gasteiger partial charge in [-0.1, -0.05) is 182 Å². The maximum absolute atomic E-state index is 2.42. The fourth-order valence-corrected chi connectivity index (χ4v) is 28.7. The van der Waals surface area contributed by atoms with E-state index in [1.54, 1.807) is 0 Å². The number of aromatic nitrogens is 3. The Hall–Kier alpha value is -17.6. The van der Waals surface area contributed by atoms with Gasteiger partial charge in [-0.15, -0.1) is 0 Å². The Kier molecular flexibility index (Phi) is 23.0. The zero-order valence-electron chi connectivity index (χ0n) is 80.0. The predicted octanol–water partition coefficient (Wildman–Crippen LogP) is 37.2. The molecule has 0 spiro atoms. The van der Waals surface area contributed by atoms with E-state index in [9.17, 15) is 0 Å². The van der Waals surface area contributed by atoms with Crippen molar-refractivity contribution in [3.8, 4) is 72.7 Å². The summed E-state index contributed by atoms with van der Waals surface area (Å²) in [5.41, 5.74) is 33.1. The Balaban J connectivity index is 0.000000109. The molecule has 9 heteroatoms. The normalized spacial score (nSPS) is 11.5. The molecule has 692 valence electrons. The molecule has 0 atom stereocenters. The maximum atomic E-state index is 2.42. The van der Waals surface area contributed by atoms with Crippen LogP contribution in [0.25, 0.3) is 196 Å². The molecule has 6 heterocycles. The van der Waals surface area contributed by atoms with Gasteiger partial charge in [-0.2, -0.15) is 0 Å². The van der Waals surface area contributed by atoms with Gasteiger partial charge in [-0.3, -0.25) is 0 Å². The van der Waals surface area contributed by atoms with Gasteiger partial charge in [0.25, 0.3) is 0 Å². The summed E-state index contributed by atoms with van der Waals surface area (Å²) in [6.07, 6.45) is 0. The number of hydrogen-bond acceptors (Lipinski definition) is 3. The molecule has 0 aliphatic heterocycles. The quantitative estimate of drug-likeness (QED) is 0.0850. The van der Waals surface area contributed by atoms with Crippen LogP contribution in [0.15, 0.2) is 558 Å². The van der Waals surface area contributed by atoms with Gasteiger partial charge in [0, 0.05) is 33.2 Å². The Labute approximate surface area is 869 Å². The van der Waals surface area contributed by atoms with Crippen LogP contribution in [0.3, 0.4) is 0 Å². The van der Waals surface area contributed by atoms with Crippen molar-refractivity contribution in [2.75, 3.05) is 14.7 Å². The third-order valence-corrected chi connectivity index (χ3v) is 36.0. The SMILES string of the molecule is c1ccc(-c2ccc(N(c3ccc(-c4ccc5[se]c6ccccc6c5c4)cc3)c3ccc4c(c3)c3ccccc3n4-c3ccccc3)cc2)cc1.c1ccc(-c2ccccc2N(c2ccc(-c3ccc4[se]c5ccccc5c4c3)cc2)c2ccc3c(c2)c2ccccc2n3-c2ccccc2)cc1.c1ccc(N(c2ccc(-c3ccc4[se]c5ccccc5c4c3)cc2)c2ccc3c(c2)c2ccccc2n3-c2ccccc2)cc1. The first-order valence-electron chi connectivity index (χ1n) is 50.0. The summed E-state index contributed by atoms with van der Waals surface area (Å²) >= 11 is 1.13. The van der Waals surface area contributed by atoms with Gasteiger partial charge in [0.2, 0.25) is 0 Å². The third kappa shape index (κ3) is 16.4. The van der Waals surface area contributed by atoms with Gasteiger partial charge in [0.05, 0.1) is 33.1 Å². The Morgan fingerprint density at radius 3 is 0.714 bits per heavy atom. The van der Waals surface area contributed by atoms with Crippen LogP contribution < -0.4 is 14.7 Å². The molecule has 29 aromatic rings. The van der Waals surface area contributed by atoms with Crippen LogP contribution >= 0.6 is 0 Å². The van der Waals surface area contributed by atoms with Gasteiger partial charge in [-0.25, -0.2) is 0 Å². The number of hydrogen-bond donors (Lipinski definition) is 0. The second-order valence-corrected chi connectivity index (χ2v) is 44.2. The van der Waals surface area contributed by atoms with Gasteiger partial charge in [-0.05, 0) is 65.7 Å². The molecule has 23 aromatic carbocycles. The molecule has 0 bridgehead atoms. The van der Waals surface area contributed by atoms with Crippen LogP contribution in [-0.4, -0.2) is 57.2 Å². The van der Waals surface area contributed by atoms with E-state index in [1.807, 2.05) is 0 Å². The summed E-state index contributed by atoms with van der Waals surface area (Å²) in [5, 5.41) is 15.8. The van der Waals surface area contributed by atoms with E-state index in [0.717, 1.165) is 62.6 Å². The van der Waals surface area contributed by atoms with Crippen LogP contribution in [0.2, 0.25) is 0 Å². The molecular formula is C138H92N6Se3. The molecular weight excluding hydrogens is 1980 g/mol. The Morgan fingerprint density at radius 1 is 0.129 bits per heavy atom. The van der Waals surface area contributed by atoms with E-state index in [2.05, 4.69) is 587 Å². The summed E-state index contributed by atoms with van der Waals surface area (Å²) in [6, 6.07) is 203. The third-order valence-electron chi connectivity index (χ3n) is 28.8. The monoisotopic (exact) mass is 2070 g/mol. The van der Waals surface area contributed by atoms with Crippen molar-refractivity contribution in [2.24, 2.45) is 0 Å². The number of rotatable bonds is 17. The van der Waals surface area contributed by atoms with Gasteiger partial charge in [0.1, 0.15) is 0 Å². The van der Waals surface area contributed by atoms with E-state index in [0.29, 0.717) is 43.5 Å². The molecule has 29 rings (SSSR count). The van der Waals surface area contributed by atoms with Crippen molar-refractivity contribution >= 4 is 218 Å². The molecule has 0 aliphatic rings. The summed E-state index contributed by atoms with van der Waals surface area (Å²) in [5.74, 6) is 0. The average molecular weight is 2070 g/mol. The Morgan fingerprint density at radius 2 is 0.361 bits per heavy atom. The number of fused-ring (bicyclic) bond motifs is 18. The van der Waals surface area contributed by atoms with Crippen molar-refractivity contribution < 1.29 is 0 Å². The summed E-state index contributed by atoms with van der Waals surface area (Å²) < 4.78 is 16.0. The first kappa shape index (κ1) is 88.4. The van der Waals surface area contributed by atoms with E-state index in [-0.39, 0.29) is 0 Å². The minimum absolute atomic E-state index is 0.370. The molecule has 0 radical (unpaired) electrons. The molecule has 0 saturated carbocycles. The van der Waals surface area contributed by atoms with Crippen molar-refractivity contribution in [1.29, 1.82) is 0 Å². The number of benzene rings is 23. The van der Waals surface area contributed by atoms with Crippen LogP contribution in [0.5, 0.6) is 0 Å². The molecule has 0 amide bonds. The summed E-state index contributed by atoms with van der Waals surface area (Å²) in [4.78, 5) is 7.16. The topological polar surface area (TPSA) is 24.5 Å². The van der Waals surface area contributed by atoms with E-state index in [1.165, 1.54) is 185 Å². The van der Waals surface area contributed by atoms with Crippen LogP contribution in [0.4, 0.5) is 51.2 Å². The van der Waals surface area contributed by atoms with Gasteiger partial charge >= 0.3 is 549 Å². The Bertz CT molecular complexity index is 9970. The molecule has 0 aliphatic carbocycles. The molecule has 0 N–H and O–H groups in total. The van der Waals surface area contributed by atoms with Gasteiger partial charge in [0.15, 0.2) is 0 Å². The molecule has 6 aromatic heterocycles. The molecule has 6 nitrogen and oxygen atoms in total. The second-order valence-electron chi connectivity index (χ2n) is 37.4. The molecule has 0 fully saturated rings. The van der Waals surface area contributed by atoms with E-state index in [4.69, 9.17) is 0 Å². The van der Waals surface area contributed by atoms with E-state index >= 15 is 0 Å². The average Bonchev–Trinajstić information content (AvgIpc) is 1.60. The van der Waals surface area contributed by atoms with Crippen molar-refractivity contribution in [2.45, 2.75) is 0 Å². The summed E-state index contributed by atoms with van der Waals surface area (Å²) in [7, 11) is 0. The number of para-hydroxylation sites is 8. The fraction of sp³-hybridized carbons (Fsp3) is 0. The van der Waals surface area contributed by atoms with Crippen molar-refractivity contribution in [3.63, 3.8) is 0 Å². The van der Waals surface area contributed by atoms with Crippen molar-refractivity contribution in [3.05, 3.63) is 558 Å². The zero-order valence-corrected chi connectivity index (χ0v) is 85.2. The minimum atomic E-state index is 0.370.